The van der Waals surface area contributed by atoms with E-state index in [1.165, 1.54) is 12.2 Å². The number of fused-ring (bicyclic) bond motifs is 7. The molecule has 0 aromatic rings. The summed E-state index contributed by atoms with van der Waals surface area (Å²) >= 11 is 7.41. The van der Waals surface area contributed by atoms with Crippen molar-refractivity contribution in [1.29, 1.82) is 5.26 Å². The molecule has 5 fully saturated rings. The molecule has 6 nitrogen and oxygen atoms in total. The van der Waals surface area contributed by atoms with Crippen molar-refractivity contribution in [3.63, 3.8) is 0 Å². The van der Waals surface area contributed by atoms with Crippen LogP contribution in [0.1, 0.15) is 46.5 Å². The van der Waals surface area contributed by atoms with Crippen LogP contribution in [0.25, 0.3) is 0 Å². The minimum Gasteiger partial charge on any atom is -0.391 e. The number of carbonyl (C=O) groups is 1. The first kappa shape index (κ1) is 22.2. The van der Waals surface area contributed by atoms with Gasteiger partial charge in [-0.25, -0.2) is 4.39 Å². The van der Waals surface area contributed by atoms with Crippen LogP contribution in [-0.4, -0.2) is 58.2 Å². The van der Waals surface area contributed by atoms with Crippen LogP contribution in [0, 0.1) is 34.0 Å². The zero-order chi connectivity index (χ0) is 23.6. The van der Waals surface area contributed by atoms with Gasteiger partial charge in [0.1, 0.15) is 17.8 Å². The minimum absolute atomic E-state index is 0.101. The number of rotatable bonds is 2. The number of alkyl halides is 2. The number of aliphatic hydroxyl groups is 1. The fourth-order valence-corrected chi connectivity index (χ4v) is 8.88. The summed E-state index contributed by atoms with van der Waals surface area (Å²) in [5.74, 6) is -0.826. The maximum absolute atomic E-state index is 15.7. The molecule has 2 aliphatic heterocycles. The quantitative estimate of drug-likeness (QED) is 0.484. The molecule has 2 heterocycles. The molecule has 33 heavy (non-hydrogen) atoms. The Bertz CT molecular complexity index is 1040. The Morgan fingerprint density at radius 3 is 2.70 bits per heavy atom. The molecule has 6 rings (SSSR count). The molecular weight excluding hydrogens is 449 g/mol. The van der Waals surface area contributed by atoms with Crippen molar-refractivity contribution in [2.75, 3.05) is 6.61 Å². The van der Waals surface area contributed by atoms with E-state index in [-0.39, 0.29) is 31.1 Å². The number of hydrogen-bond donors (Lipinski definition) is 1. The Kier molecular flexibility index (Phi) is 4.35. The number of ketones is 1. The van der Waals surface area contributed by atoms with E-state index in [0.717, 1.165) is 0 Å². The number of nitrogens with zero attached hydrogens (tertiary/aromatic N) is 1. The van der Waals surface area contributed by atoms with Gasteiger partial charge in [-0.15, -0.1) is 11.6 Å². The molecule has 178 valence electrons. The zero-order valence-corrected chi connectivity index (χ0v) is 19.8. The highest BCUT2D eigenvalue weighted by Gasteiger charge is 2.85. The molecule has 0 amide bonds. The van der Waals surface area contributed by atoms with Crippen LogP contribution in [-0.2, 0) is 19.0 Å². The fraction of sp³-hybridized carbons (Fsp3) is 0.760. The highest BCUT2D eigenvalue weighted by atomic mass is 35.5. The first-order chi connectivity index (χ1) is 15.5. The highest BCUT2D eigenvalue weighted by Crippen LogP contribution is 2.75. The molecule has 1 N–H and O–H groups in total. The lowest BCUT2D eigenvalue weighted by molar-refractivity contribution is -0.206. The summed E-state index contributed by atoms with van der Waals surface area (Å²) in [6.07, 6.45) is 2.77. The third kappa shape index (κ3) is 2.26. The summed E-state index contributed by atoms with van der Waals surface area (Å²) in [7, 11) is 0. The topological polar surface area (TPSA) is 92.1 Å². The van der Waals surface area contributed by atoms with E-state index in [0.29, 0.717) is 18.4 Å². The predicted molar refractivity (Wildman–Crippen MR) is 116 cm³/mol. The predicted octanol–water partition coefficient (Wildman–Crippen LogP) is 3.37. The Labute approximate surface area is 197 Å². The number of ether oxygens (including phenoxy) is 3. The lowest BCUT2D eigenvalue weighted by Gasteiger charge is -2.64. The van der Waals surface area contributed by atoms with Crippen LogP contribution in [0.4, 0.5) is 4.39 Å². The van der Waals surface area contributed by atoms with Gasteiger partial charge in [0.2, 0.25) is 5.60 Å². The number of aliphatic hydroxyl groups excluding tert-OH is 1. The Morgan fingerprint density at radius 2 is 2.06 bits per heavy atom. The highest BCUT2D eigenvalue weighted by molar-refractivity contribution is 6.26. The smallest absolute Gasteiger partial charge is 0.209 e. The maximum Gasteiger partial charge on any atom is 0.209 e. The van der Waals surface area contributed by atoms with Gasteiger partial charge in [-0.1, -0.05) is 26.8 Å². The van der Waals surface area contributed by atoms with Crippen molar-refractivity contribution < 1.29 is 28.5 Å². The molecule has 0 bridgehead atoms. The van der Waals surface area contributed by atoms with Gasteiger partial charge in [0.05, 0.1) is 23.7 Å². The molecule has 3 saturated carbocycles. The molecule has 0 radical (unpaired) electrons. The minimum atomic E-state index is -1.35. The van der Waals surface area contributed by atoms with Gasteiger partial charge in [-0.05, 0) is 55.2 Å². The van der Waals surface area contributed by atoms with Crippen LogP contribution in [0.15, 0.2) is 23.8 Å². The van der Waals surface area contributed by atoms with Gasteiger partial charge in [0.25, 0.3) is 0 Å². The van der Waals surface area contributed by atoms with E-state index in [1.54, 1.807) is 6.08 Å². The largest absolute Gasteiger partial charge is 0.391 e. The second kappa shape index (κ2) is 6.47. The SMILES string of the molecule is CCC1O[C@@H]2C[C@H]3[C@@H]4C[C@H](F)C5=CC(=O)C=C[C@]5(C)[C@@]4(Cl)[C@@H](O)C[C@]3(C)[C@]2(C2(C#N)CO2)O1. The Hall–Kier alpha value is -1.30. The summed E-state index contributed by atoms with van der Waals surface area (Å²) in [5.41, 5.74) is -3.57. The summed E-state index contributed by atoms with van der Waals surface area (Å²) in [5, 5.41) is 21.9. The molecule has 0 aromatic carbocycles. The number of epoxide rings is 1. The molecule has 8 heteroatoms. The maximum atomic E-state index is 15.7. The molecule has 2 saturated heterocycles. The number of carbonyl (C=O) groups excluding carboxylic acids is 1. The Morgan fingerprint density at radius 1 is 1.33 bits per heavy atom. The van der Waals surface area contributed by atoms with Crippen LogP contribution in [0.3, 0.4) is 0 Å². The first-order valence-corrected chi connectivity index (χ1v) is 12.3. The summed E-state index contributed by atoms with van der Waals surface area (Å²) in [6.45, 7) is 6.06. The lowest BCUT2D eigenvalue weighted by atomic mass is 9.45. The standard InChI is InChI=1S/C25H29ClFNO5/c1-4-20-32-19-9-14-15-8-17(27)16-7-13(29)5-6-21(16,2)24(15,26)18(30)10-22(14,3)25(19,33-20)23(11-28)12-31-23/h5-7,14-15,17-20,30H,4,8-10,12H2,1-3H3/t14-,15-,17-,18-,19+,20?,21-,22-,23?,24-,25+/m0/s1. The molecule has 2 unspecified atom stereocenters. The Balaban J connectivity index is 1.50. The van der Waals surface area contributed by atoms with Crippen molar-refractivity contribution in [3.05, 3.63) is 23.8 Å². The third-order valence-electron chi connectivity index (χ3n) is 9.97. The van der Waals surface area contributed by atoms with Gasteiger partial charge in [0, 0.05) is 10.8 Å². The molecule has 0 spiro atoms. The zero-order valence-electron chi connectivity index (χ0n) is 19.0. The lowest BCUT2D eigenvalue weighted by Crippen LogP contribution is -2.71. The van der Waals surface area contributed by atoms with Crippen LogP contribution in [0.5, 0.6) is 0 Å². The second-order valence-electron chi connectivity index (χ2n) is 11.1. The number of halogens is 2. The fourth-order valence-electron chi connectivity index (χ4n) is 8.39. The van der Waals surface area contributed by atoms with Crippen LogP contribution < -0.4 is 0 Å². The van der Waals surface area contributed by atoms with Gasteiger partial charge in [-0.3, -0.25) is 4.79 Å². The first-order valence-electron chi connectivity index (χ1n) is 11.9. The van der Waals surface area contributed by atoms with Gasteiger partial charge in [0.15, 0.2) is 12.1 Å². The summed E-state index contributed by atoms with van der Waals surface area (Å²) in [6, 6.07) is 2.35. The van der Waals surface area contributed by atoms with E-state index in [9.17, 15) is 15.2 Å². The van der Waals surface area contributed by atoms with Crippen molar-refractivity contribution in [2.24, 2.45) is 22.7 Å². The van der Waals surface area contributed by atoms with Crippen LogP contribution in [0.2, 0.25) is 0 Å². The van der Waals surface area contributed by atoms with Crippen molar-refractivity contribution in [1.82, 2.24) is 0 Å². The molecule has 11 atom stereocenters. The van der Waals surface area contributed by atoms with E-state index >= 15 is 4.39 Å². The monoisotopic (exact) mass is 477 g/mol. The molecular formula is C25H29ClFNO5. The molecule has 0 aromatic heterocycles. The van der Waals surface area contributed by atoms with Crippen molar-refractivity contribution in [3.8, 4) is 6.07 Å². The number of allylic oxidation sites excluding steroid dienone is 4. The van der Waals surface area contributed by atoms with Gasteiger partial charge in [-0.2, -0.15) is 5.26 Å². The number of nitriles is 1. The van der Waals surface area contributed by atoms with Crippen molar-refractivity contribution in [2.45, 2.75) is 87.2 Å². The molecule has 6 aliphatic rings. The van der Waals surface area contributed by atoms with E-state index in [1.807, 2.05) is 20.8 Å². The average Bonchev–Trinajstić information content (AvgIpc) is 3.43. The normalized spacial score (nSPS) is 58.6. The number of hydrogen-bond acceptors (Lipinski definition) is 6. The van der Waals surface area contributed by atoms with Crippen LogP contribution >= 0.6 is 11.6 Å². The van der Waals surface area contributed by atoms with Gasteiger partial charge >= 0.3 is 0 Å². The van der Waals surface area contributed by atoms with Gasteiger partial charge < -0.3 is 19.3 Å². The summed E-state index contributed by atoms with van der Waals surface area (Å²) in [4.78, 5) is 10.9. The third-order valence-corrected chi connectivity index (χ3v) is 10.9. The van der Waals surface area contributed by atoms with E-state index < -0.39 is 57.5 Å². The van der Waals surface area contributed by atoms with E-state index in [4.69, 9.17) is 25.8 Å². The van der Waals surface area contributed by atoms with Crippen molar-refractivity contribution >= 4 is 17.4 Å². The average molecular weight is 478 g/mol. The van der Waals surface area contributed by atoms with E-state index in [2.05, 4.69) is 6.07 Å². The molecule has 4 aliphatic carbocycles. The summed E-state index contributed by atoms with van der Waals surface area (Å²) < 4.78 is 34.3. The second-order valence-corrected chi connectivity index (χ2v) is 11.8.